The molecule has 0 aromatic carbocycles. The topological polar surface area (TPSA) is 14.1 Å². The van der Waals surface area contributed by atoms with Crippen molar-refractivity contribution in [3.8, 4) is 0 Å². The molecule has 0 saturated heterocycles. The second-order valence-electron chi connectivity index (χ2n) is 1.74. The van der Waals surface area contributed by atoms with Crippen LogP contribution in [0.15, 0.2) is 12.2 Å². The van der Waals surface area contributed by atoms with Crippen molar-refractivity contribution in [2.45, 2.75) is 12.8 Å². The van der Waals surface area contributed by atoms with Crippen LogP contribution in [0, 0.1) is 31.1 Å². The van der Waals surface area contributed by atoms with E-state index in [-0.39, 0.29) is 31.1 Å². The Balaban J connectivity index is 0.000000640. The Morgan fingerprint density at radius 1 is 1.44 bits per heavy atom. The monoisotopic (exact) mass is 516 g/mol. The van der Waals surface area contributed by atoms with E-state index in [1.165, 1.54) is 23.4 Å². The van der Waals surface area contributed by atoms with E-state index in [0.717, 1.165) is 19.4 Å². The molecule has 0 fully saturated rings. The van der Waals surface area contributed by atoms with Crippen LogP contribution in [0.1, 0.15) is 12.8 Å². The van der Waals surface area contributed by atoms with Crippen LogP contribution in [0.5, 0.6) is 0 Å². The van der Waals surface area contributed by atoms with Crippen molar-refractivity contribution in [3.63, 3.8) is 0 Å². The molecule has 0 saturated carbocycles. The van der Waals surface area contributed by atoms with Gasteiger partial charge in [0.15, 0.2) is 0 Å². The Morgan fingerprint density at radius 3 is 3.00 bits per heavy atom. The first kappa shape index (κ1) is 10.3. The molecule has 1 rings (SSSR count). The van der Waals surface area contributed by atoms with E-state index in [0.29, 0.717) is 0 Å². The van der Waals surface area contributed by atoms with Crippen molar-refractivity contribution in [1.29, 1.82) is 0 Å². The van der Waals surface area contributed by atoms with Crippen molar-refractivity contribution >= 4 is 4.02 Å². The maximum atomic E-state index is 4.31. The predicted molar refractivity (Wildman–Crippen MR) is 31.6 cm³/mol. The molecule has 1 heterocycles. The van der Waals surface area contributed by atoms with E-state index in [1.54, 1.807) is 0 Å². The zero-order chi connectivity index (χ0) is 5.82. The maximum absolute atomic E-state index is 4.31. The van der Waals surface area contributed by atoms with Gasteiger partial charge in [-0.15, -0.1) is 0 Å². The number of rotatable bonds is 0. The molecule has 0 radical (unpaired) electrons. The van der Waals surface area contributed by atoms with Crippen LogP contribution in [0.25, 0.3) is 5.32 Å². The fraction of sp³-hybridized carbons (Fsp3) is 0.500. The van der Waals surface area contributed by atoms with Crippen LogP contribution >= 0.6 is 0 Å². The zero-order valence-corrected chi connectivity index (χ0v) is 12.2. The Kier molecular flexibility index (Phi) is 6.93. The molecule has 0 amide bonds. The summed E-state index contributed by atoms with van der Waals surface area (Å²) in [5.41, 5.74) is 0. The van der Waals surface area contributed by atoms with Gasteiger partial charge < -0.3 is 0 Å². The van der Waals surface area contributed by atoms with Gasteiger partial charge in [-0.05, 0) is 0 Å². The summed E-state index contributed by atoms with van der Waals surface area (Å²) in [4.78, 5) is 0. The van der Waals surface area contributed by atoms with Crippen LogP contribution in [-0.4, -0.2) is 10.6 Å². The van der Waals surface area contributed by atoms with Crippen molar-refractivity contribution in [2.75, 3.05) is 6.54 Å². The van der Waals surface area contributed by atoms with Crippen molar-refractivity contribution < 1.29 is 50.5 Å². The fourth-order valence-corrected chi connectivity index (χ4v) is 1.30. The quantitative estimate of drug-likeness (QED) is 0.433. The van der Waals surface area contributed by atoms with Gasteiger partial charge in [-0.1, -0.05) is 0 Å². The van der Waals surface area contributed by atoms with Gasteiger partial charge in [0.2, 0.25) is 0 Å². The summed E-state index contributed by atoms with van der Waals surface area (Å²) in [6.45, 7) is 1.01. The average molecular weight is 516 g/mol. The van der Waals surface area contributed by atoms with Crippen molar-refractivity contribution in [3.05, 3.63) is 17.5 Å². The van der Waals surface area contributed by atoms with Gasteiger partial charge in [0.1, 0.15) is 0 Å². The third-order valence-corrected chi connectivity index (χ3v) is 2.11. The van der Waals surface area contributed by atoms with E-state index >= 15 is 0 Å². The number of hydrogen-bond acceptors (Lipinski definition) is 0. The van der Waals surface area contributed by atoms with Gasteiger partial charge in [0.05, 0.1) is 0 Å². The van der Waals surface area contributed by atoms with E-state index in [4.69, 9.17) is 0 Å². The molecule has 1 aliphatic rings. The molecular formula is C6H8NUW-. The fourth-order valence-electron chi connectivity index (χ4n) is 0.630. The molecule has 0 spiro atoms. The molecule has 0 aliphatic carbocycles. The first-order chi connectivity index (χ1) is 3.89. The molecule has 0 aromatic rings. The van der Waals surface area contributed by atoms with E-state index in [9.17, 15) is 0 Å². The standard InChI is InChI=1S/C6H8N.U.W/c1-2-4-6-7-5-3-1;;/h1-2H,3-5H2;;/q-1;;. The molecule has 48 valence electrons. The molecule has 0 atom stereocenters. The normalized spacial score (nSPS) is 18.4. The Morgan fingerprint density at radius 2 is 2.22 bits per heavy atom. The summed E-state index contributed by atoms with van der Waals surface area (Å²) in [5, 5.41) is 4.31. The first-order valence-electron chi connectivity index (χ1n) is 2.75. The van der Waals surface area contributed by atoms with Crippen molar-refractivity contribution in [2.24, 2.45) is 0 Å². The molecule has 0 bridgehead atoms. The molecular weight excluding hydrogens is 508 g/mol. The van der Waals surface area contributed by atoms with E-state index in [2.05, 4.69) is 17.5 Å². The second kappa shape index (κ2) is 6.05. The minimum atomic E-state index is 0. The summed E-state index contributed by atoms with van der Waals surface area (Å²) in [6.07, 6.45) is 6.64. The SMILES string of the molecule is [U].[W]=[C]1CC=CCC[N-]1. The Labute approximate surface area is 90.5 Å². The van der Waals surface area contributed by atoms with Crippen LogP contribution in [0.3, 0.4) is 0 Å². The number of nitrogens with zero attached hydrogens (tertiary/aromatic N) is 1. The summed E-state index contributed by atoms with van der Waals surface area (Å²) in [5.74, 6) is 0. The molecule has 9 heavy (non-hydrogen) atoms. The van der Waals surface area contributed by atoms with Gasteiger partial charge in [-0.25, -0.2) is 0 Å². The van der Waals surface area contributed by atoms with Gasteiger partial charge >= 0.3 is 60.2 Å². The van der Waals surface area contributed by atoms with Crippen LogP contribution in [0.2, 0.25) is 0 Å². The Hall–Kier alpha value is 1.31. The number of hydrogen-bond donors (Lipinski definition) is 0. The first-order valence-corrected chi connectivity index (χ1v) is 4.21. The summed E-state index contributed by atoms with van der Waals surface area (Å²) < 4.78 is 1.35. The summed E-state index contributed by atoms with van der Waals surface area (Å²) in [7, 11) is 0. The predicted octanol–water partition coefficient (Wildman–Crippen LogP) is 1.39. The second-order valence-corrected chi connectivity index (χ2v) is 3.43. The summed E-state index contributed by atoms with van der Waals surface area (Å²) in [6, 6.07) is 0. The van der Waals surface area contributed by atoms with E-state index < -0.39 is 0 Å². The van der Waals surface area contributed by atoms with Gasteiger partial charge in [0.25, 0.3) is 0 Å². The van der Waals surface area contributed by atoms with Gasteiger partial charge in [-0.3, -0.25) is 0 Å². The van der Waals surface area contributed by atoms with Crippen LogP contribution in [0.4, 0.5) is 0 Å². The summed E-state index contributed by atoms with van der Waals surface area (Å²) >= 11 is 1.52. The molecule has 1 aliphatic heterocycles. The molecule has 0 N–H and O–H groups in total. The van der Waals surface area contributed by atoms with Gasteiger partial charge in [-0.2, -0.15) is 0 Å². The van der Waals surface area contributed by atoms with Crippen LogP contribution in [-0.2, 0) is 19.4 Å². The van der Waals surface area contributed by atoms with Crippen molar-refractivity contribution in [1.82, 2.24) is 0 Å². The van der Waals surface area contributed by atoms with Crippen LogP contribution < -0.4 is 0 Å². The molecule has 1 nitrogen and oxygen atoms in total. The minimum absolute atomic E-state index is 0. The van der Waals surface area contributed by atoms with Gasteiger partial charge in [0, 0.05) is 31.1 Å². The molecule has 3 heteroatoms. The zero-order valence-electron chi connectivity index (χ0n) is 5.13. The Bertz CT molecular complexity index is 122. The molecule has 0 unspecified atom stereocenters. The average Bonchev–Trinajstić information content (AvgIpc) is 1.94. The third-order valence-electron chi connectivity index (χ3n) is 1.04. The molecule has 0 aromatic heterocycles. The van der Waals surface area contributed by atoms with E-state index in [1.807, 2.05) is 0 Å². The third kappa shape index (κ3) is 4.68.